The van der Waals surface area contributed by atoms with Crippen molar-refractivity contribution in [3.8, 4) is 0 Å². The van der Waals surface area contributed by atoms with E-state index in [1.807, 2.05) is 78.3 Å². The highest BCUT2D eigenvalue weighted by molar-refractivity contribution is 6.00. The van der Waals surface area contributed by atoms with Crippen LogP contribution in [0.1, 0.15) is 161 Å². The average Bonchev–Trinajstić information content (AvgIpc) is 0.884. The Morgan fingerprint density at radius 3 is 1.44 bits per heavy atom. The SMILES string of the molecule is CC[C@H]1NC(=O)[C@@H]([C@H](O)[C@H](C)Cc2nccn2CCc2cccnc2)N(C)C(=O)[C@@H](C(C)C)N(C)C(=O)[C@@H](CC(C)C)N(C)C(=O)[C@@H](CC(C)C)N(C)C(=O)[C@H](C)NC(=O)[C@@H](C)NC(=O)[C@@H](CC(C)C)N(C)C(=O)[C@@H](C(C)C)NC(=O)[C@H](CC(C)C)N(C)C(=O)[C@@H](C)N(C)C1=O. The van der Waals surface area contributed by atoms with E-state index in [9.17, 15) is 38.7 Å². The van der Waals surface area contributed by atoms with Crippen LogP contribution in [0, 0.1) is 41.4 Å². The number of aliphatic hydroxyl groups is 1. The highest BCUT2D eigenvalue weighted by atomic mass is 16.3. The molecule has 0 saturated carbocycles. The number of aromatic nitrogens is 3. The number of carbonyl (C=O) groups excluding carboxylic acids is 11. The molecular weight excluding hydrogens is 1230 g/mol. The highest BCUT2D eigenvalue weighted by Crippen LogP contribution is 2.26. The summed E-state index contributed by atoms with van der Waals surface area (Å²) in [5.74, 6) is -9.63. The molecule has 13 atom stereocenters. The van der Waals surface area contributed by atoms with Crippen LogP contribution in [0.25, 0.3) is 0 Å². The van der Waals surface area contributed by atoms with Crippen LogP contribution in [0.4, 0.5) is 0 Å². The number of amides is 11. The summed E-state index contributed by atoms with van der Waals surface area (Å²) in [7, 11) is 9.95. The number of hydrogen-bond donors (Lipinski definition) is 5. The second kappa shape index (κ2) is 37.3. The van der Waals surface area contributed by atoms with Gasteiger partial charge in [0.1, 0.15) is 72.3 Å². The van der Waals surface area contributed by atoms with Gasteiger partial charge in [-0.25, -0.2) is 4.98 Å². The Morgan fingerprint density at radius 2 is 0.948 bits per heavy atom. The van der Waals surface area contributed by atoms with E-state index in [-0.39, 0.29) is 62.2 Å². The second-order valence-corrected chi connectivity index (χ2v) is 29.0. The molecule has 26 heteroatoms. The third kappa shape index (κ3) is 22.0. The first kappa shape index (κ1) is 82.7. The molecule has 1 saturated heterocycles. The molecular formula is C70H118N14O12. The number of pyridine rings is 1. The van der Waals surface area contributed by atoms with Crippen molar-refractivity contribution in [3.05, 3.63) is 48.3 Å². The maximum absolute atomic E-state index is 15.5. The van der Waals surface area contributed by atoms with Gasteiger partial charge < -0.3 is 65.2 Å². The van der Waals surface area contributed by atoms with Gasteiger partial charge in [-0.1, -0.05) is 103 Å². The Labute approximate surface area is 571 Å². The van der Waals surface area contributed by atoms with Crippen molar-refractivity contribution in [1.29, 1.82) is 0 Å². The summed E-state index contributed by atoms with van der Waals surface area (Å²) in [4.78, 5) is 180. The minimum absolute atomic E-state index is 0.0163. The number of aliphatic hydroxyl groups excluding tert-OH is 1. The number of aryl methyl sites for hydroxylation is 2. The number of rotatable bonds is 18. The summed E-state index contributed by atoms with van der Waals surface area (Å²) in [5.41, 5.74) is 0.990. The Balaban J connectivity index is 2.34. The monoisotopic (exact) mass is 1350 g/mol. The molecule has 0 unspecified atom stereocenters. The zero-order valence-electron chi connectivity index (χ0n) is 62.0. The normalized spacial score (nSPS) is 25.8. The second-order valence-electron chi connectivity index (χ2n) is 29.0. The molecule has 1 aliphatic heterocycles. The molecule has 3 rings (SSSR count). The predicted molar refractivity (Wildman–Crippen MR) is 367 cm³/mol. The van der Waals surface area contributed by atoms with E-state index in [1.54, 1.807) is 60.1 Å². The van der Waals surface area contributed by atoms with Crippen LogP contribution < -0.4 is 21.3 Å². The van der Waals surface area contributed by atoms with Crippen molar-refractivity contribution >= 4 is 65.0 Å². The number of carbonyl (C=O) groups is 11. The molecule has 2 aromatic rings. The van der Waals surface area contributed by atoms with Gasteiger partial charge in [-0.05, 0) is 112 Å². The largest absolute Gasteiger partial charge is 0.390 e. The number of likely N-dealkylation sites (N-methyl/N-ethyl adjacent to an activating group) is 7. The Morgan fingerprint density at radius 1 is 0.479 bits per heavy atom. The molecule has 0 radical (unpaired) electrons. The van der Waals surface area contributed by atoms with Crippen molar-refractivity contribution in [2.75, 3.05) is 49.3 Å². The highest BCUT2D eigenvalue weighted by Gasteiger charge is 2.46. The topological polar surface area (TPSA) is 310 Å². The number of nitrogens with one attached hydrogen (secondary N) is 4. The summed E-state index contributed by atoms with van der Waals surface area (Å²) < 4.78 is 1.93. The quantitative estimate of drug-likeness (QED) is 0.142. The van der Waals surface area contributed by atoms with Gasteiger partial charge >= 0.3 is 0 Å². The van der Waals surface area contributed by atoms with Crippen LogP contribution in [-0.2, 0) is 72.1 Å². The summed E-state index contributed by atoms with van der Waals surface area (Å²) in [6.45, 7) is 30.1. The molecule has 0 aromatic carbocycles. The first-order valence-electron chi connectivity index (χ1n) is 34.3. The van der Waals surface area contributed by atoms with Gasteiger partial charge in [0, 0.05) is 87.1 Å². The minimum atomic E-state index is -1.71. The molecule has 1 fully saturated rings. The molecule has 5 N–H and O–H groups in total. The maximum Gasteiger partial charge on any atom is 0.246 e. The molecule has 1 aliphatic rings. The lowest BCUT2D eigenvalue weighted by Gasteiger charge is -2.41. The van der Waals surface area contributed by atoms with Gasteiger partial charge in [-0.2, -0.15) is 0 Å². The molecule has 2 aromatic heterocycles. The summed E-state index contributed by atoms with van der Waals surface area (Å²) in [5, 5.41) is 23.8. The molecule has 11 amide bonds. The number of imidazole rings is 1. The average molecular weight is 1350 g/mol. The van der Waals surface area contributed by atoms with Crippen molar-refractivity contribution in [1.82, 2.24) is 70.1 Å². The first-order chi connectivity index (χ1) is 44.6. The van der Waals surface area contributed by atoms with Gasteiger partial charge in [-0.3, -0.25) is 57.7 Å². The van der Waals surface area contributed by atoms with E-state index in [2.05, 4.69) is 31.2 Å². The van der Waals surface area contributed by atoms with E-state index < -0.39 is 155 Å². The summed E-state index contributed by atoms with van der Waals surface area (Å²) in [6, 6.07) is -10.2. The van der Waals surface area contributed by atoms with E-state index in [1.165, 1.54) is 94.6 Å². The standard InChI is InChI=1S/C70H118N14O12/c1-25-50-66(92)77(18)48(17)65(91)78(19)52(34-40(4)5)62(88)76-56(43(10)11)69(95)79(20)51(33-39(2)3)61(87)73-46(15)60(86)74-47(16)64(90)80(21)53(35-41(6)7)67(93)81(22)54(36-42(8)9)68(94)82(23)57(44(12)13)70(96)83(24)58(63(89)75-50)59(85)45(14)37-55-72-30-32-84(55)31-28-49-27-26-29-71-38-49/h26-27,29-30,32,38-48,50-54,56-59,85H,25,28,31,33-37H2,1-24H3,(H,73,87)(H,74,86)(H,75,89)(H,76,88)/t45-,46-,47+,48-,50-,51-,52+,53-,54-,56-,57-,58-,59-/m1/s1. The fourth-order valence-electron chi connectivity index (χ4n) is 12.3. The smallest absolute Gasteiger partial charge is 0.246 e. The van der Waals surface area contributed by atoms with Gasteiger partial charge in [0.25, 0.3) is 0 Å². The number of hydrogen-bond acceptors (Lipinski definition) is 14. The van der Waals surface area contributed by atoms with Gasteiger partial charge in [-0.15, -0.1) is 0 Å². The molecule has 26 nitrogen and oxygen atoms in total. The molecule has 0 aliphatic carbocycles. The first-order valence-corrected chi connectivity index (χ1v) is 34.3. The Bertz CT molecular complexity index is 2950. The summed E-state index contributed by atoms with van der Waals surface area (Å²) in [6.07, 6.45) is 6.55. The van der Waals surface area contributed by atoms with Crippen molar-refractivity contribution < 1.29 is 57.8 Å². The lowest BCUT2D eigenvalue weighted by atomic mass is 9.91. The van der Waals surface area contributed by atoms with Crippen LogP contribution in [0.2, 0.25) is 0 Å². The van der Waals surface area contributed by atoms with Crippen molar-refractivity contribution in [2.24, 2.45) is 41.4 Å². The third-order valence-corrected chi connectivity index (χ3v) is 18.5. The Kier molecular flexibility index (Phi) is 32.1. The van der Waals surface area contributed by atoms with Crippen LogP contribution in [0.3, 0.4) is 0 Å². The van der Waals surface area contributed by atoms with Crippen LogP contribution in [0.15, 0.2) is 36.9 Å². The molecule has 3 heterocycles. The van der Waals surface area contributed by atoms with E-state index in [4.69, 9.17) is 0 Å². The molecule has 0 bridgehead atoms. The van der Waals surface area contributed by atoms with Gasteiger partial charge in [0.15, 0.2) is 0 Å². The molecule has 0 spiro atoms. The predicted octanol–water partition coefficient (Wildman–Crippen LogP) is 3.77. The van der Waals surface area contributed by atoms with Crippen LogP contribution in [0.5, 0.6) is 0 Å². The fourth-order valence-corrected chi connectivity index (χ4v) is 12.3. The summed E-state index contributed by atoms with van der Waals surface area (Å²) >= 11 is 0. The lowest BCUT2D eigenvalue weighted by molar-refractivity contribution is -0.157. The van der Waals surface area contributed by atoms with Gasteiger partial charge in [0.05, 0.1) is 6.10 Å². The maximum atomic E-state index is 15.5. The molecule has 540 valence electrons. The van der Waals surface area contributed by atoms with E-state index in [0.29, 0.717) is 18.8 Å². The number of nitrogens with zero attached hydrogens (tertiary/aromatic N) is 10. The van der Waals surface area contributed by atoms with Crippen LogP contribution in [-0.4, -0.2) is 241 Å². The minimum Gasteiger partial charge on any atom is -0.390 e. The van der Waals surface area contributed by atoms with E-state index >= 15 is 19.2 Å². The lowest BCUT2D eigenvalue weighted by Crippen LogP contribution is -2.64. The Hall–Kier alpha value is -7.51. The third-order valence-electron chi connectivity index (χ3n) is 18.5. The van der Waals surface area contributed by atoms with Gasteiger partial charge in [0.2, 0.25) is 65.0 Å². The molecule has 96 heavy (non-hydrogen) atoms. The van der Waals surface area contributed by atoms with E-state index in [0.717, 1.165) is 15.4 Å². The zero-order chi connectivity index (χ0) is 73.2. The van der Waals surface area contributed by atoms with Crippen molar-refractivity contribution in [3.63, 3.8) is 0 Å². The van der Waals surface area contributed by atoms with Crippen molar-refractivity contribution in [2.45, 2.75) is 242 Å². The van der Waals surface area contributed by atoms with Crippen LogP contribution >= 0.6 is 0 Å². The zero-order valence-corrected chi connectivity index (χ0v) is 62.0. The fraction of sp³-hybridized carbons (Fsp3) is 0.729.